The number of piperidine rings is 1. The summed E-state index contributed by atoms with van der Waals surface area (Å²) in [4.78, 5) is 2.05. The van der Waals surface area contributed by atoms with Crippen LogP contribution in [0.4, 0.5) is 18.9 Å². The predicted octanol–water partition coefficient (Wildman–Crippen LogP) is 3.23. The minimum atomic E-state index is -4.49. The minimum absolute atomic E-state index is 0.242. The summed E-state index contributed by atoms with van der Waals surface area (Å²) < 4.78 is 38.6. The molecule has 3 N–H and O–H groups in total. The van der Waals surface area contributed by atoms with Crippen molar-refractivity contribution in [1.29, 1.82) is 5.41 Å². The van der Waals surface area contributed by atoms with E-state index in [4.69, 9.17) is 11.1 Å². The van der Waals surface area contributed by atoms with Crippen LogP contribution in [0, 0.1) is 11.3 Å². The largest absolute Gasteiger partial charge is 0.417 e. The van der Waals surface area contributed by atoms with E-state index >= 15 is 0 Å². The maximum atomic E-state index is 12.9. The zero-order valence-corrected chi connectivity index (χ0v) is 11.3. The first-order chi connectivity index (χ1) is 9.29. The standard InChI is InChI=1S/C14H18F3N3/c1-9-4-6-20(7-5-9)10-2-3-12(14(15,16)17)11(8-10)13(18)19/h2-3,8-9H,4-7H2,1H3,(H3,18,19). The summed E-state index contributed by atoms with van der Waals surface area (Å²) in [6, 6.07) is 3.86. The first-order valence-corrected chi connectivity index (χ1v) is 6.59. The molecule has 1 aliphatic rings. The third-order valence-corrected chi connectivity index (χ3v) is 3.75. The number of alkyl halides is 3. The fourth-order valence-electron chi connectivity index (χ4n) is 2.47. The lowest BCUT2D eigenvalue weighted by atomic mass is 9.98. The summed E-state index contributed by atoms with van der Waals surface area (Å²) in [5.41, 5.74) is 4.91. The number of nitrogens with zero attached hydrogens (tertiary/aromatic N) is 1. The van der Waals surface area contributed by atoms with Gasteiger partial charge in [-0.05, 0) is 37.0 Å². The van der Waals surface area contributed by atoms with Crippen LogP contribution in [-0.2, 0) is 6.18 Å². The summed E-state index contributed by atoms with van der Waals surface area (Å²) in [5.74, 6) is 0.0949. The second kappa shape index (κ2) is 5.34. The third-order valence-electron chi connectivity index (χ3n) is 3.75. The van der Waals surface area contributed by atoms with Crippen LogP contribution in [0.25, 0.3) is 0 Å². The molecule has 3 nitrogen and oxygen atoms in total. The molecule has 1 aromatic rings. The van der Waals surface area contributed by atoms with Gasteiger partial charge in [0, 0.05) is 24.3 Å². The zero-order chi connectivity index (χ0) is 14.9. The molecule has 0 unspecified atom stereocenters. The van der Waals surface area contributed by atoms with Crippen LogP contribution >= 0.6 is 0 Å². The number of halogens is 3. The molecule has 1 aromatic carbocycles. The van der Waals surface area contributed by atoms with Gasteiger partial charge in [-0.1, -0.05) is 6.92 Å². The highest BCUT2D eigenvalue weighted by atomic mass is 19.4. The molecule has 0 atom stereocenters. The maximum absolute atomic E-state index is 12.9. The second-order valence-electron chi connectivity index (χ2n) is 5.31. The fraction of sp³-hybridized carbons (Fsp3) is 0.500. The Morgan fingerprint density at radius 2 is 1.90 bits per heavy atom. The van der Waals surface area contributed by atoms with Gasteiger partial charge < -0.3 is 10.6 Å². The number of nitrogen functional groups attached to an aromatic ring is 1. The van der Waals surface area contributed by atoms with E-state index in [0.717, 1.165) is 32.0 Å². The Labute approximate surface area is 116 Å². The third kappa shape index (κ3) is 3.05. The molecule has 0 radical (unpaired) electrons. The first-order valence-electron chi connectivity index (χ1n) is 6.59. The number of nitrogens with two attached hydrogens (primary N) is 1. The Kier molecular flexibility index (Phi) is 3.92. The van der Waals surface area contributed by atoms with Gasteiger partial charge in [0.15, 0.2) is 0 Å². The van der Waals surface area contributed by atoms with Crippen LogP contribution in [0.5, 0.6) is 0 Å². The number of nitrogens with one attached hydrogen (secondary N) is 1. The summed E-state index contributed by atoms with van der Waals surface area (Å²) in [5, 5.41) is 7.36. The lowest BCUT2D eigenvalue weighted by molar-refractivity contribution is -0.137. The highest BCUT2D eigenvalue weighted by Gasteiger charge is 2.34. The summed E-state index contributed by atoms with van der Waals surface area (Å²) >= 11 is 0. The average molecular weight is 285 g/mol. The molecule has 6 heteroatoms. The Balaban J connectivity index is 2.33. The summed E-state index contributed by atoms with van der Waals surface area (Å²) in [7, 11) is 0. The molecule has 0 saturated carbocycles. The van der Waals surface area contributed by atoms with Crippen molar-refractivity contribution < 1.29 is 13.2 Å². The average Bonchev–Trinajstić information content (AvgIpc) is 2.37. The predicted molar refractivity (Wildman–Crippen MR) is 73.1 cm³/mol. The molecule has 1 aliphatic heterocycles. The van der Waals surface area contributed by atoms with E-state index in [-0.39, 0.29) is 5.56 Å². The monoisotopic (exact) mass is 285 g/mol. The van der Waals surface area contributed by atoms with Crippen molar-refractivity contribution in [2.75, 3.05) is 18.0 Å². The molecule has 0 spiro atoms. The maximum Gasteiger partial charge on any atom is 0.417 e. The van der Waals surface area contributed by atoms with Gasteiger partial charge in [0.1, 0.15) is 5.84 Å². The molecule has 20 heavy (non-hydrogen) atoms. The van der Waals surface area contributed by atoms with Gasteiger partial charge in [0.25, 0.3) is 0 Å². The number of rotatable bonds is 2. The van der Waals surface area contributed by atoms with Gasteiger partial charge in [0.05, 0.1) is 5.56 Å². The molecule has 0 bridgehead atoms. The number of benzene rings is 1. The highest BCUT2D eigenvalue weighted by Crippen LogP contribution is 2.34. The van der Waals surface area contributed by atoms with Crippen molar-refractivity contribution >= 4 is 11.5 Å². The molecular formula is C14H18F3N3. The molecule has 0 aliphatic carbocycles. The van der Waals surface area contributed by atoms with Gasteiger partial charge in [-0.25, -0.2) is 0 Å². The number of anilines is 1. The number of hydrogen-bond donors (Lipinski definition) is 2. The lowest BCUT2D eigenvalue weighted by Crippen LogP contribution is -2.33. The van der Waals surface area contributed by atoms with Crippen molar-refractivity contribution in [2.24, 2.45) is 11.7 Å². The van der Waals surface area contributed by atoms with E-state index in [9.17, 15) is 13.2 Å². The minimum Gasteiger partial charge on any atom is -0.384 e. The van der Waals surface area contributed by atoms with Crippen LogP contribution in [0.15, 0.2) is 18.2 Å². The van der Waals surface area contributed by atoms with Crippen LogP contribution in [0.2, 0.25) is 0 Å². The summed E-state index contributed by atoms with van der Waals surface area (Å²) in [6.45, 7) is 3.82. The van der Waals surface area contributed by atoms with E-state index in [2.05, 4.69) is 6.92 Å². The summed E-state index contributed by atoms with van der Waals surface area (Å²) in [6.07, 6.45) is -2.44. The number of hydrogen-bond acceptors (Lipinski definition) is 2. The molecule has 1 fully saturated rings. The van der Waals surface area contributed by atoms with Gasteiger partial charge in [-0.3, -0.25) is 5.41 Å². The molecule has 1 heterocycles. The van der Waals surface area contributed by atoms with Gasteiger partial charge in [-0.2, -0.15) is 13.2 Å². The lowest BCUT2D eigenvalue weighted by Gasteiger charge is -2.32. The van der Waals surface area contributed by atoms with Gasteiger partial charge in [0.2, 0.25) is 0 Å². The van der Waals surface area contributed by atoms with Crippen molar-refractivity contribution in [2.45, 2.75) is 25.9 Å². The SMILES string of the molecule is CC1CCN(c2ccc(C(F)(F)F)c(C(=N)N)c2)CC1. The van der Waals surface area contributed by atoms with E-state index < -0.39 is 17.6 Å². The Morgan fingerprint density at radius 3 is 2.40 bits per heavy atom. The Morgan fingerprint density at radius 1 is 1.30 bits per heavy atom. The highest BCUT2D eigenvalue weighted by molar-refractivity contribution is 5.97. The quantitative estimate of drug-likeness (QED) is 0.647. The van der Waals surface area contributed by atoms with E-state index in [0.29, 0.717) is 11.6 Å². The normalized spacial score (nSPS) is 17.3. The van der Waals surface area contributed by atoms with E-state index in [1.807, 2.05) is 4.90 Å². The smallest absolute Gasteiger partial charge is 0.384 e. The second-order valence-corrected chi connectivity index (χ2v) is 5.31. The van der Waals surface area contributed by atoms with E-state index in [1.165, 1.54) is 12.1 Å². The molecule has 0 aromatic heterocycles. The van der Waals surface area contributed by atoms with Gasteiger partial charge in [-0.15, -0.1) is 0 Å². The molecule has 1 saturated heterocycles. The molecule has 110 valence electrons. The van der Waals surface area contributed by atoms with E-state index in [1.54, 1.807) is 0 Å². The molecular weight excluding hydrogens is 267 g/mol. The molecule has 0 amide bonds. The molecule has 2 rings (SSSR count). The topological polar surface area (TPSA) is 53.1 Å². The van der Waals surface area contributed by atoms with Crippen LogP contribution in [-0.4, -0.2) is 18.9 Å². The van der Waals surface area contributed by atoms with Crippen molar-refractivity contribution in [3.63, 3.8) is 0 Å². The van der Waals surface area contributed by atoms with Gasteiger partial charge >= 0.3 is 6.18 Å². The first kappa shape index (κ1) is 14.7. The number of amidine groups is 1. The van der Waals surface area contributed by atoms with Crippen molar-refractivity contribution in [1.82, 2.24) is 0 Å². The fourth-order valence-corrected chi connectivity index (χ4v) is 2.47. The van der Waals surface area contributed by atoms with Crippen LogP contribution in [0.1, 0.15) is 30.9 Å². The zero-order valence-electron chi connectivity index (χ0n) is 11.3. The van der Waals surface area contributed by atoms with Crippen molar-refractivity contribution in [3.8, 4) is 0 Å². The van der Waals surface area contributed by atoms with Crippen LogP contribution in [0.3, 0.4) is 0 Å². The van der Waals surface area contributed by atoms with Crippen LogP contribution < -0.4 is 10.6 Å². The van der Waals surface area contributed by atoms with Crippen molar-refractivity contribution in [3.05, 3.63) is 29.3 Å². The Hall–Kier alpha value is -1.72. The Bertz CT molecular complexity index is 503.